The topological polar surface area (TPSA) is 42.4 Å². The molecule has 1 amide bonds. The first-order valence-corrected chi connectivity index (χ1v) is 13.7. The first kappa shape index (κ1) is 21.5. The molecule has 3 rings (SSSR count). The van der Waals surface area contributed by atoms with Gasteiger partial charge in [-0.1, -0.05) is 32.4 Å². The van der Waals surface area contributed by atoms with Crippen LogP contribution >= 0.6 is 22.9 Å². The van der Waals surface area contributed by atoms with Crippen LogP contribution in [0.15, 0.2) is 24.4 Å². The number of aromatic nitrogens is 1. The summed E-state index contributed by atoms with van der Waals surface area (Å²) in [5.74, 6) is 0.0847. The van der Waals surface area contributed by atoms with Crippen LogP contribution in [0.4, 0.5) is 0 Å². The molecule has 1 aliphatic heterocycles. The second kappa shape index (κ2) is 7.24. The van der Waals surface area contributed by atoms with E-state index in [0.29, 0.717) is 18.3 Å². The van der Waals surface area contributed by atoms with E-state index in [4.69, 9.17) is 16.0 Å². The highest BCUT2D eigenvalue weighted by Crippen LogP contribution is 2.46. The Kier molecular flexibility index (Phi) is 5.56. The summed E-state index contributed by atoms with van der Waals surface area (Å²) in [6.45, 7) is 16.6. The molecule has 0 fully saturated rings. The molecule has 0 saturated carbocycles. The van der Waals surface area contributed by atoms with Crippen LogP contribution in [0.3, 0.4) is 0 Å². The molecule has 2 aromatic rings. The molecular weight excluding hydrogens is 408 g/mol. The molecule has 0 N–H and O–H groups in total. The molecule has 3 heterocycles. The van der Waals surface area contributed by atoms with Gasteiger partial charge in [0, 0.05) is 22.5 Å². The minimum Gasteiger partial charge on any atom is -0.415 e. The summed E-state index contributed by atoms with van der Waals surface area (Å²) in [7, 11) is -1.82. The van der Waals surface area contributed by atoms with Crippen molar-refractivity contribution in [3.8, 4) is 10.4 Å². The Labute approximate surface area is 178 Å². The third-order valence-corrected chi connectivity index (χ3v) is 12.3. The van der Waals surface area contributed by atoms with E-state index in [-0.39, 0.29) is 16.5 Å². The quantitative estimate of drug-likeness (QED) is 0.415. The molecule has 2 aromatic heterocycles. The van der Waals surface area contributed by atoms with Crippen LogP contribution < -0.4 is 0 Å². The van der Waals surface area contributed by atoms with Crippen molar-refractivity contribution in [2.45, 2.75) is 58.3 Å². The first-order chi connectivity index (χ1) is 12.8. The summed E-state index contributed by atoms with van der Waals surface area (Å²) < 4.78 is 6.31. The van der Waals surface area contributed by atoms with E-state index in [9.17, 15) is 4.79 Å². The second-order valence-corrected chi connectivity index (χ2v) is 15.6. The molecule has 0 saturated heterocycles. The average molecular weight is 437 g/mol. The van der Waals surface area contributed by atoms with Crippen LogP contribution in [0.5, 0.6) is 0 Å². The fourth-order valence-electron chi connectivity index (χ4n) is 3.21. The highest BCUT2D eigenvalue weighted by molar-refractivity contribution is 7.16. The van der Waals surface area contributed by atoms with Crippen LogP contribution in [0.25, 0.3) is 10.4 Å². The number of hydrogen-bond donors (Lipinski definition) is 0. The van der Waals surface area contributed by atoms with Gasteiger partial charge in [-0.3, -0.25) is 4.79 Å². The average Bonchev–Trinajstić information content (AvgIpc) is 3.09. The van der Waals surface area contributed by atoms with Gasteiger partial charge < -0.3 is 9.33 Å². The second-order valence-electron chi connectivity index (χ2n) is 9.35. The van der Waals surface area contributed by atoms with Crippen molar-refractivity contribution < 1.29 is 9.22 Å². The summed E-state index contributed by atoms with van der Waals surface area (Å²) in [4.78, 5) is 21.3. The van der Waals surface area contributed by atoms with Gasteiger partial charge in [0.05, 0.1) is 17.7 Å². The molecular formula is C21H29ClN2O2SSi. The molecule has 0 radical (unpaired) electrons. The lowest BCUT2D eigenvalue weighted by atomic mass is 10.0. The van der Waals surface area contributed by atoms with Crippen molar-refractivity contribution in [1.29, 1.82) is 0 Å². The van der Waals surface area contributed by atoms with E-state index in [1.807, 2.05) is 23.1 Å². The maximum Gasteiger partial charge on any atom is 0.255 e. The number of pyridine rings is 1. The van der Waals surface area contributed by atoms with Gasteiger partial charge in [0.1, 0.15) is 5.15 Å². The van der Waals surface area contributed by atoms with Gasteiger partial charge in [0.15, 0.2) is 8.32 Å². The Morgan fingerprint density at radius 1 is 1.29 bits per heavy atom. The fourth-order valence-corrected chi connectivity index (χ4v) is 5.68. The lowest BCUT2D eigenvalue weighted by molar-refractivity contribution is 0.0571. The van der Waals surface area contributed by atoms with Gasteiger partial charge in [0.25, 0.3) is 5.91 Å². The van der Waals surface area contributed by atoms with E-state index >= 15 is 0 Å². The molecule has 0 unspecified atom stereocenters. The molecule has 152 valence electrons. The van der Waals surface area contributed by atoms with Gasteiger partial charge >= 0.3 is 0 Å². The van der Waals surface area contributed by atoms with Crippen molar-refractivity contribution in [3.63, 3.8) is 0 Å². The van der Waals surface area contributed by atoms with E-state index in [1.165, 1.54) is 0 Å². The maximum atomic E-state index is 13.1. The monoisotopic (exact) mass is 436 g/mol. The summed E-state index contributed by atoms with van der Waals surface area (Å²) in [5, 5.41) is 0.623. The number of hydrogen-bond acceptors (Lipinski definition) is 4. The molecule has 0 bridgehead atoms. The largest absolute Gasteiger partial charge is 0.415 e. The number of carbonyl (C=O) groups excluding carboxylic acids is 1. The Balaban J connectivity index is 1.78. The molecule has 0 aromatic carbocycles. The molecule has 0 spiro atoms. The van der Waals surface area contributed by atoms with Crippen LogP contribution in [-0.2, 0) is 9.96 Å². The normalized spacial score (nSPS) is 16.6. The number of rotatable bonds is 5. The Morgan fingerprint density at radius 3 is 2.54 bits per heavy atom. The zero-order valence-electron chi connectivity index (χ0n) is 17.7. The van der Waals surface area contributed by atoms with E-state index in [1.54, 1.807) is 17.5 Å². The maximum absolute atomic E-state index is 13.1. The van der Waals surface area contributed by atoms with Crippen molar-refractivity contribution >= 4 is 37.2 Å². The summed E-state index contributed by atoms with van der Waals surface area (Å²) >= 11 is 7.69. The van der Waals surface area contributed by atoms with Crippen molar-refractivity contribution in [2.24, 2.45) is 0 Å². The SMILES string of the molecule is CC1(C)c2sc(-c3ccnc(Cl)c3)cc2C(=O)N1CCO[Si](C)(C)C(C)(C)C. The Hall–Kier alpha value is -1.21. The van der Waals surface area contributed by atoms with E-state index in [0.717, 1.165) is 20.9 Å². The number of fused-ring (bicyclic) bond motifs is 1. The Bertz CT molecular complexity index is 902. The third-order valence-electron chi connectivity index (χ3n) is 6.03. The number of thiophene rings is 1. The molecule has 28 heavy (non-hydrogen) atoms. The van der Waals surface area contributed by atoms with Crippen LogP contribution in [0.2, 0.25) is 23.3 Å². The highest BCUT2D eigenvalue weighted by Gasteiger charge is 2.45. The highest BCUT2D eigenvalue weighted by atomic mass is 35.5. The van der Waals surface area contributed by atoms with Crippen molar-refractivity contribution in [1.82, 2.24) is 9.88 Å². The first-order valence-electron chi connectivity index (χ1n) is 9.57. The fraction of sp³-hybridized carbons (Fsp3) is 0.524. The number of nitrogens with zero attached hydrogens (tertiary/aromatic N) is 2. The van der Waals surface area contributed by atoms with Crippen molar-refractivity contribution in [3.05, 3.63) is 40.0 Å². The van der Waals surface area contributed by atoms with E-state index < -0.39 is 8.32 Å². The van der Waals surface area contributed by atoms with Gasteiger partial charge in [-0.25, -0.2) is 4.98 Å². The van der Waals surface area contributed by atoms with Crippen LogP contribution in [0, 0.1) is 0 Å². The van der Waals surface area contributed by atoms with Gasteiger partial charge in [-0.05, 0) is 55.7 Å². The number of halogens is 1. The minimum atomic E-state index is -1.82. The summed E-state index contributed by atoms with van der Waals surface area (Å²) in [5.41, 5.74) is 1.45. The predicted molar refractivity (Wildman–Crippen MR) is 120 cm³/mol. The minimum absolute atomic E-state index is 0.0847. The van der Waals surface area contributed by atoms with Crippen LogP contribution in [0.1, 0.15) is 49.9 Å². The molecule has 0 atom stereocenters. The van der Waals surface area contributed by atoms with Crippen molar-refractivity contribution in [2.75, 3.05) is 13.2 Å². The Morgan fingerprint density at radius 2 is 1.96 bits per heavy atom. The van der Waals surface area contributed by atoms with Gasteiger partial charge in [0.2, 0.25) is 0 Å². The van der Waals surface area contributed by atoms with Gasteiger partial charge in [-0.2, -0.15) is 0 Å². The molecule has 1 aliphatic rings. The molecule has 4 nitrogen and oxygen atoms in total. The number of amides is 1. The third kappa shape index (κ3) is 3.80. The lowest BCUT2D eigenvalue weighted by Crippen LogP contribution is -2.45. The van der Waals surface area contributed by atoms with Gasteiger partial charge in [-0.15, -0.1) is 11.3 Å². The lowest BCUT2D eigenvalue weighted by Gasteiger charge is -2.38. The molecule has 7 heteroatoms. The molecule has 0 aliphatic carbocycles. The van der Waals surface area contributed by atoms with Crippen LogP contribution in [-0.4, -0.2) is 37.3 Å². The predicted octanol–water partition coefficient (Wildman–Crippen LogP) is 6.18. The number of carbonyl (C=O) groups is 1. The van der Waals surface area contributed by atoms with E-state index in [2.05, 4.69) is 52.7 Å². The summed E-state index contributed by atoms with van der Waals surface area (Å²) in [6, 6.07) is 5.75. The summed E-state index contributed by atoms with van der Waals surface area (Å²) in [6.07, 6.45) is 1.69. The standard InChI is InChI=1S/C21H29ClN2O2SSi/c1-20(2,3)28(6,7)26-11-10-24-19(25)15-13-16(27-18(15)21(24,4)5)14-8-9-23-17(22)12-14/h8-9,12-13H,10-11H2,1-7H3. The zero-order valence-corrected chi connectivity index (χ0v) is 20.3. The zero-order chi connectivity index (χ0) is 20.9. The smallest absolute Gasteiger partial charge is 0.255 e.